The molecule has 0 saturated heterocycles. The van der Waals surface area contributed by atoms with Crippen LogP contribution in [0.5, 0.6) is 5.75 Å². The number of nitro groups is 1. The van der Waals surface area contributed by atoms with Gasteiger partial charge in [0.15, 0.2) is 5.11 Å². The summed E-state index contributed by atoms with van der Waals surface area (Å²) in [4.78, 5) is 38.1. The van der Waals surface area contributed by atoms with Crippen LogP contribution in [0.4, 0.5) is 16.4 Å². The molecule has 1 aromatic carbocycles. The Labute approximate surface area is 194 Å². The van der Waals surface area contributed by atoms with Crippen molar-refractivity contribution in [2.24, 2.45) is 0 Å². The van der Waals surface area contributed by atoms with Crippen LogP contribution in [0.2, 0.25) is 0 Å². The van der Waals surface area contributed by atoms with Crippen LogP contribution >= 0.6 is 23.6 Å². The van der Waals surface area contributed by atoms with Crippen LogP contribution in [0.1, 0.15) is 39.4 Å². The lowest BCUT2D eigenvalue weighted by Crippen LogP contribution is -2.30. The molecule has 0 aliphatic rings. The highest BCUT2D eigenvalue weighted by Gasteiger charge is 2.28. The number of methoxy groups -OCH3 is 2. The molecule has 0 unspecified atom stereocenters. The summed E-state index contributed by atoms with van der Waals surface area (Å²) in [5.41, 5.74) is 0.558. The van der Waals surface area contributed by atoms with Gasteiger partial charge in [-0.25, -0.2) is 4.79 Å². The summed E-state index contributed by atoms with van der Waals surface area (Å²) < 4.78 is 9.90. The predicted octanol–water partition coefficient (Wildman–Crippen LogP) is 4.05. The summed E-state index contributed by atoms with van der Waals surface area (Å²) in [6.07, 6.45) is 0. The van der Waals surface area contributed by atoms with Crippen molar-refractivity contribution in [1.29, 1.82) is 0 Å². The lowest BCUT2D eigenvalue weighted by Gasteiger charge is -2.17. The summed E-state index contributed by atoms with van der Waals surface area (Å²) in [5, 5.41) is 17.3. The van der Waals surface area contributed by atoms with E-state index in [0.29, 0.717) is 34.3 Å². The number of nitrogens with one attached hydrogen (secondary N) is 2. The van der Waals surface area contributed by atoms with Gasteiger partial charge in [0, 0.05) is 13.1 Å². The second kappa shape index (κ2) is 10.9. The minimum absolute atomic E-state index is 0.00603. The normalized spacial score (nSPS) is 10.3. The molecule has 1 amide bonds. The Kier molecular flexibility index (Phi) is 8.49. The second-order valence-corrected chi connectivity index (χ2v) is 7.88. The highest BCUT2D eigenvalue weighted by molar-refractivity contribution is 7.80. The Bertz CT molecular complexity index is 1050. The van der Waals surface area contributed by atoms with Crippen LogP contribution in [0.3, 0.4) is 0 Å². The van der Waals surface area contributed by atoms with E-state index in [1.54, 1.807) is 17.9 Å². The van der Waals surface area contributed by atoms with Crippen molar-refractivity contribution in [3.63, 3.8) is 0 Å². The molecule has 0 aliphatic carbocycles. The summed E-state index contributed by atoms with van der Waals surface area (Å²) in [7, 11) is 2.65. The van der Waals surface area contributed by atoms with E-state index in [2.05, 4.69) is 10.6 Å². The molecule has 12 heteroatoms. The third-order valence-electron chi connectivity index (χ3n) is 4.66. The number of esters is 1. The zero-order valence-corrected chi connectivity index (χ0v) is 19.9. The van der Waals surface area contributed by atoms with E-state index >= 15 is 0 Å². The van der Waals surface area contributed by atoms with Crippen molar-refractivity contribution >= 4 is 56.9 Å². The smallest absolute Gasteiger partial charge is 0.341 e. The van der Waals surface area contributed by atoms with E-state index in [-0.39, 0.29) is 28.0 Å². The Morgan fingerprint density at radius 3 is 2.41 bits per heavy atom. The van der Waals surface area contributed by atoms with Gasteiger partial charge in [0.05, 0.1) is 35.6 Å². The van der Waals surface area contributed by atoms with E-state index in [1.165, 1.54) is 26.4 Å². The van der Waals surface area contributed by atoms with E-state index < -0.39 is 10.9 Å². The fourth-order valence-electron chi connectivity index (χ4n) is 2.96. The average molecular weight is 481 g/mol. The molecule has 32 heavy (non-hydrogen) atoms. The quantitative estimate of drug-likeness (QED) is 0.249. The summed E-state index contributed by atoms with van der Waals surface area (Å²) in [6, 6.07) is 4.27. The monoisotopic (exact) mass is 480 g/mol. The van der Waals surface area contributed by atoms with E-state index in [4.69, 9.17) is 21.7 Å². The van der Waals surface area contributed by atoms with E-state index in [0.717, 1.165) is 11.3 Å². The van der Waals surface area contributed by atoms with Crippen molar-refractivity contribution in [2.45, 2.75) is 20.8 Å². The lowest BCUT2D eigenvalue weighted by molar-refractivity contribution is -0.384. The molecule has 1 heterocycles. The number of nitro benzene ring substituents is 1. The molecular weight excluding hydrogens is 456 g/mol. The molecule has 2 N–H and O–H groups in total. The maximum Gasteiger partial charge on any atom is 0.341 e. The van der Waals surface area contributed by atoms with Gasteiger partial charge in [-0.2, -0.15) is 0 Å². The van der Waals surface area contributed by atoms with Crippen LogP contribution in [0.25, 0.3) is 0 Å². The number of hydrogen-bond acceptors (Lipinski definition) is 8. The Morgan fingerprint density at radius 2 is 1.88 bits per heavy atom. The van der Waals surface area contributed by atoms with Gasteiger partial charge in [-0.1, -0.05) is 0 Å². The fraction of sp³-hybridized carbons (Fsp3) is 0.350. The number of carbonyl (C=O) groups excluding carboxylic acids is 2. The first-order valence-corrected chi connectivity index (χ1v) is 10.8. The molecule has 2 rings (SSSR count). The molecule has 0 aliphatic heterocycles. The molecule has 0 radical (unpaired) electrons. The Hall–Kier alpha value is -3.25. The van der Waals surface area contributed by atoms with Gasteiger partial charge in [0.25, 0.3) is 11.6 Å². The predicted molar refractivity (Wildman–Crippen MR) is 127 cm³/mol. The molecule has 0 spiro atoms. The van der Waals surface area contributed by atoms with Crippen molar-refractivity contribution in [3.05, 3.63) is 44.3 Å². The van der Waals surface area contributed by atoms with Crippen LogP contribution in [0.15, 0.2) is 18.2 Å². The molecule has 0 atom stereocenters. The van der Waals surface area contributed by atoms with Gasteiger partial charge in [-0.3, -0.25) is 14.9 Å². The van der Waals surface area contributed by atoms with Gasteiger partial charge < -0.3 is 25.0 Å². The maximum absolute atomic E-state index is 12.9. The maximum atomic E-state index is 12.9. The number of hydrogen-bond donors (Lipinski definition) is 2. The summed E-state index contributed by atoms with van der Waals surface area (Å²) >= 11 is 6.37. The number of carbonyl (C=O) groups is 2. The number of thiophene rings is 1. The molecule has 0 bridgehead atoms. The van der Waals surface area contributed by atoms with Crippen molar-refractivity contribution in [3.8, 4) is 5.75 Å². The molecular formula is C20H24N4O6S2. The zero-order valence-electron chi connectivity index (χ0n) is 18.3. The minimum atomic E-state index is -0.627. The van der Waals surface area contributed by atoms with Crippen LogP contribution in [0, 0.1) is 17.0 Å². The van der Waals surface area contributed by atoms with Crippen molar-refractivity contribution in [1.82, 2.24) is 4.90 Å². The largest absolute Gasteiger partial charge is 0.496 e. The molecule has 172 valence electrons. The summed E-state index contributed by atoms with van der Waals surface area (Å²) in [5.74, 6) is -0.513. The lowest BCUT2D eigenvalue weighted by atomic mass is 10.1. The first-order valence-electron chi connectivity index (χ1n) is 9.59. The van der Waals surface area contributed by atoms with Crippen LogP contribution < -0.4 is 15.4 Å². The first kappa shape index (κ1) is 25.0. The standard InChI is InChI=1S/C20H24N4O6S2/c1-6-23(7-2)18(25)16-11(3)15(19(26)30-5)17(32-16)22-20(31)21-13-9-8-12(29-4)10-14(13)24(27)28/h8-10H,6-7H2,1-5H3,(H2,21,22,31). The van der Waals surface area contributed by atoms with Gasteiger partial charge in [-0.15, -0.1) is 11.3 Å². The fourth-order valence-corrected chi connectivity index (χ4v) is 4.40. The number of anilines is 2. The SMILES string of the molecule is CCN(CC)C(=O)c1sc(NC(=S)Nc2ccc(OC)cc2[N+](=O)[O-])c(C(=O)OC)c1C. The van der Waals surface area contributed by atoms with Crippen molar-refractivity contribution in [2.75, 3.05) is 37.9 Å². The van der Waals surface area contributed by atoms with Gasteiger partial charge in [0.2, 0.25) is 0 Å². The number of nitrogens with zero attached hydrogens (tertiary/aromatic N) is 2. The average Bonchev–Trinajstić information content (AvgIpc) is 3.09. The van der Waals surface area contributed by atoms with Crippen molar-refractivity contribution < 1.29 is 24.0 Å². The number of benzene rings is 1. The third-order valence-corrected chi connectivity index (χ3v) is 6.06. The third kappa shape index (κ3) is 5.32. The Balaban J connectivity index is 2.39. The number of amides is 1. The van der Waals surface area contributed by atoms with E-state index in [1.807, 2.05) is 13.8 Å². The Morgan fingerprint density at radius 1 is 1.22 bits per heavy atom. The van der Waals surface area contributed by atoms with Gasteiger partial charge >= 0.3 is 5.97 Å². The zero-order chi connectivity index (χ0) is 24.0. The number of rotatable bonds is 8. The molecule has 0 saturated carbocycles. The van der Waals surface area contributed by atoms with Gasteiger partial charge in [-0.05, 0) is 50.7 Å². The molecule has 0 fully saturated rings. The topological polar surface area (TPSA) is 123 Å². The highest BCUT2D eigenvalue weighted by Crippen LogP contribution is 2.35. The van der Waals surface area contributed by atoms with Crippen LogP contribution in [-0.4, -0.2) is 54.1 Å². The minimum Gasteiger partial charge on any atom is -0.496 e. The molecule has 2 aromatic rings. The van der Waals surface area contributed by atoms with Crippen LogP contribution in [-0.2, 0) is 4.74 Å². The summed E-state index contributed by atoms with van der Waals surface area (Å²) in [6.45, 7) is 6.43. The molecule has 10 nitrogen and oxygen atoms in total. The number of thiocarbonyl (C=S) groups is 1. The molecule has 1 aromatic heterocycles. The first-order chi connectivity index (χ1) is 15.2. The second-order valence-electron chi connectivity index (χ2n) is 6.45. The van der Waals surface area contributed by atoms with Gasteiger partial charge in [0.1, 0.15) is 16.4 Å². The van der Waals surface area contributed by atoms with E-state index in [9.17, 15) is 19.7 Å². The number of ether oxygens (including phenoxy) is 2. The highest BCUT2D eigenvalue weighted by atomic mass is 32.1.